The summed E-state index contributed by atoms with van der Waals surface area (Å²) in [6, 6.07) is 0. The predicted molar refractivity (Wildman–Crippen MR) is 281 cm³/mol. The molecule has 0 aromatic rings. The monoisotopic (exact) mass is 1210 g/mol. The standard InChI is InChI=1S/C57H94O27/c1-21(19-74-50-44(69)42(67)38(63)33(81-50)20-75-51-43(68)41(66)37(62)31(17-58)79-51)9-14-57(73)22(2)34-30(84-57)16-29-27-8-7-25-15-26(10-12-55(25,5)28(27)11-13-56(29,34)6)78-54-49(83-53-46(71)40(65)36(61)24(4)77-53)47(72)48(32(18-59)80-54)82-52-45(70)39(64)35(60)23(3)76-52/h7,21-24,26-54,58-73H,8-20H2,1-6H3/t21-,22+,23+,24+,26+,27-,28+,29+,30+,31-,32-,33-,34+,35+,36+,37-,38-,39-,40-,41+,42+,43-,44-,45-,46-,47+,48-,49-,50-,51-,52+,53+,54-,55+,56+,57-/m1/s1. The molecule has 36 atom stereocenters. The molecule has 0 bridgehead atoms. The second-order valence-electron chi connectivity index (χ2n) is 26.7. The van der Waals surface area contributed by atoms with Gasteiger partial charge in [-0.1, -0.05) is 39.3 Å². The summed E-state index contributed by atoms with van der Waals surface area (Å²) < 4.78 is 66.1. The summed E-state index contributed by atoms with van der Waals surface area (Å²) in [4.78, 5) is 0. The Balaban J connectivity index is 0.748. The Bertz CT molecular complexity index is 2220. The average molecular weight is 1210 g/mol. The lowest BCUT2D eigenvalue weighted by atomic mass is 9.47. The molecule has 84 heavy (non-hydrogen) atoms. The number of hydrogen-bond acceptors (Lipinski definition) is 27. The van der Waals surface area contributed by atoms with Crippen LogP contribution in [0, 0.1) is 46.3 Å². The normalized spacial score (nSPS) is 55.3. The van der Waals surface area contributed by atoms with Crippen molar-refractivity contribution in [2.75, 3.05) is 26.4 Å². The molecule has 484 valence electrons. The summed E-state index contributed by atoms with van der Waals surface area (Å²) in [5.41, 5.74) is 0.948. The van der Waals surface area contributed by atoms with Crippen LogP contribution >= 0.6 is 0 Å². The molecule has 10 rings (SSSR count). The summed E-state index contributed by atoms with van der Waals surface area (Å²) in [7, 11) is 0. The highest BCUT2D eigenvalue weighted by Crippen LogP contribution is 2.70. The Morgan fingerprint density at radius 3 is 1.74 bits per heavy atom. The summed E-state index contributed by atoms with van der Waals surface area (Å²) >= 11 is 0. The zero-order valence-corrected chi connectivity index (χ0v) is 48.5. The molecule has 4 aliphatic carbocycles. The summed E-state index contributed by atoms with van der Waals surface area (Å²) in [5, 5.41) is 171. The first-order valence-corrected chi connectivity index (χ1v) is 30.3. The molecule has 0 spiro atoms. The van der Waals surface area contributed by atoms with Gasteiger partial charge in [0.05, 0.1) is 50.8 Å². The van der Waals surface area contributed by atoms with E-state index in [1.165, 1.54) is 19.4 Å². The Hall–Kier alpha value is -1.34. The molecule has 27 nitrogen and oxygen atoms in total. The van der Waals surface area contributed by atoms with E-state index in [1.54, 1.807) is 0 Å². The Labute approximate surface area is 487 Å². The minimum Gasteiger partial charge on any atom is -0.394 e. The van der Waals surface area contributed by atoms with E-state index in [9.17, 15) is 81.7 Å². The van der Waals surface area contributed by atoms with Gasteiger partial charge in [0, 0.05) is 12.3 Å². The third-order valence-electron chi connectivity index (χ3n) is 21.6. The van der Waals surface area contributed by atoms with Crippen LogP contribution in [0.1, 0.15) is 99.3 Å². The second-order valence-corrected chi connectivity index (χ2v) is 26.7. The van der Waals surface area contributed by atoms with E-state index in [-0.39, 0.29) is 41.3 Å². The van der Waals surface area contributed by atoms with Gasteiger partial charge in [-0.2, -0.15) is 0 Å². The molecule has 6 saturated heterocycles. The fourth-order valence-corrected chi connectivity index (χ4v) is 16.3. The maximum Gasteiger partial charge on any atom is 0.187 e. The zero-order chi connectivity index (χ0) is 60.8. The first kappa shape index (κ1) is 65.6. The van der Waals surface area contributed by atoms with Crippen LogP contribution in [0.25, 0.3) is 0 Å². The van der Waals surface area contributed by atoms with Crippen LogP contribution in [0.5, 0.6) is 0 Å². The van der Waals surface area contributed by atoms with Gasteiger partial charge in [0.25, 0.3) is 0 Å². The van der Waals surface area contributed by atoms with Crippen molar-refractivity contribution < 1.29 is 134 Å². The van der Waals surface area contributed by atoms with Gasteiger partial charge in [0.2, 0.25) is 0 Å². The first-order chi connectivity index (χ1) is 39.7. The van der Waals surface area contributed by atoms with Crippen molar-refractivity contribution in [3.8, 4) is 0 Å². The fourth-order valence-electron chi connectivity index (χ4n) is 16.3. The number of fused-ring (bicyclic) bond motifs is 7. The van der Waals surface area contributed by atoms with Gasteiger partial charge < -0.3 is 134 Å². The maximum atomic E-state index is 12.3. The van der Waals surface area contributed by atoms with Crippen LogP contribution < -0.4 is 0 Å². The number of aliphatic hydroxyl groups excluding tert-OH is 15. The lowest BCUT2D eigenvalue weighted by molar-refractivity contribution is -0.388. The number of aliphatic hydroxyl groups is 16. The molecule has 0 aromatic carbocycles. The molecule has 0 aromatic heterocycles. The maximum absolute atomic E-state index is 12.3. The van der Waals surface area contributed by atoms with Gasteiger partial charge in [-0.05, 0) is 106 Å². The molecule has 0 amide bonds. The summed E-state index contributed by atoms with van der Waals surface area (Å²) in [5.74, 6) is -0.675. The van der Waals surface area contributed by atoms with Crippen molar-refractivity contribution in [2.24, 2.45) is 46.3 Å². The van der Waals surface area contributed by atoms with E-state index >= 15 is 0 Å². The highest BCUT2D eigenvalue weighted by Gasteiger charge is 2.68. The molecular weight excluding hydrogens is 1120 g/mol. The molecular formula is C57H94O27. The molecule has 0 unspecified atom stereocenters. The van der Waals surface area contributed by atoms with Crippen molar-refractivity contribution in [2.45, 2.75) is 271 Å². The van der Waals surface area contributed by atoms with E-state index < -0.39 is 185 Å². The van der Waals surface area contributed by atoms with Crippen molar-refractivity contribution >= 4 is 0 Å². The van der Waals surface area contributed by atoms with Crippen LogP contribution in [0.2, 0.25) is 0 Å². The van der Waals surface area contributed by atoms with Crippen molar-refractivity contribution in [3.05, 3.63) is 11.6 Å². The zero-order valence-electron chi connectivity index (χ0n) is 48.5. The van der Waals surface area contributed by atoms with Gasteiger partial charge in [-0.15, -0.1) is 0 Å². The van der Waals surface area contributed by atoms with E-state index in [0.717, 1.165) is 32.1 Å². The van der Waals surface area contributed by atoms with Crippen LogP contribution in [0.15, 0.2) is 11.6 Å². The SMILES string of the molecule is C[C@H](CC[C@@]1(O)O[C@H]2C[C@H]3[C@@H]4CC=C5C[C@@H](O[C@@H]6O[C@H](CO)[C@@H](O[C@@H]7O[C@@H](C)[C@H](O)[C@@H](O)[C@H]7O)[C@H](O)[C@H]6O[C@@H]6O[C@@H](C)[C@H](O)[C@@H](O)[C@H]6O)CC[C@]5(C)[C@H]4CC[C@]3(C)[C@H]2[C@@H]1C)CO[C@@H]1O[C@H](CO[C@@H]2O[C@H](CO)[C@@H](O)[C@H](O)[C@H]2O)[C@@H](O)[C@H](O)[C@H]1O. The number of rotatable bonds is 17. The van der Waals surface area contributed by atoms with Gasteiger partial charge in [-0.25, -0.2) is 0 Å². The fraction of sp³-hybridized carbons (Fsp3) is 0.965. The van der Waals surface area contributed by atoms with Crippen LogP contribution in [-0.2, 0) is 52.1 Å². The number of hydrogen-bond donors (Lipinski definition) is 16. The minimum absolute atomic E-state index is 0.0418. The van der Waals surface area contributed by atoms with Gasteiger partial charge in [0.15, 0.2) is 37.2 Å². The molecule has 10 aliphatic rings. The number of ether oxygens (including phenoxy) is 11. The van der Waals surface area contributed by atoms with Gasteiger partial charge in [-0.3, -0.25) is 0 Å². The summed E-state index contributed by atoms with van der Waals surface area (Å²) in [6.45, 7) is 9.79. The third kappa shape index (κ3) is 12.0. The topological polar surface area (TPSA) is 425 Å². The van der Waals surface area contributed by atoms with Crippen LogP contribution in [-0.4, -0.2) is 280 Å². The van der Waals surface area contributed by atoms with E-state index in [1.807, 2.05) is 6.92 Å². The quantitative estimate of drug-likeness (QED) is 0.0615. The molecule has 9 fully saturated rings. The Morgan fingerprint density at radius 2 is 1.12 bits per heavy atom. The minimum atomic E-state index is -1.77. The molecule has 27 heteroatoms. The molecule has 6 aliphatic heterocycles. The predicted octanol–water partition coefficient (Wildman–Crippen LogP) is -4.16. The smallest absolute Gasteiger partial charge is 0.187 e. The van der Waals surface area contributed by atoms with E-state index in [2.05, 4.69) is 26.8 Å². The third-order valence-corrected chi connectivity index (χ3v) is 21.6. The van der Waals surface area contributed by atoms with Gasteiger partial charge >= 0.3 is 0 Å². The molecule has 6 heterocycles. The van der Waals surface area contributed by atoms with Crippen molar-refractivity contribution in [3.63, 3.8) is 0 Å². The highest BCUT2D eigenvalue weighted by atomic mass is 16.8. The second kappa shape index (κ2) is 25.7. The molecule has 0 radical (unpaired) electrons. The highest BCUT2D eigenvalue weighted by molar-refractivity contribution is 5.26. The van der Waals surface area contributed by atoms with Crippen LogP contribution in [0.4, 0.5) is 0 Å². The average Bonchev–Trinajstić information content (AvgIpc) is 2.32. The lowest BCUT2D eigenvalue weighted by Gasteiger charge is -2.58. The Morgan fingerprint density at radius 1 is 0.571 bits per heavy atom. The number of allylic oxidation sites excluding steroid dienone is 1. The first-order valence-electron chi connectivity index (χ1n) is 30.3. The summed E-state index contributed by atoms with van der Waals surface area (Å²) in [6.07, 6.45) is -29.9. The van der Waals surface area contributed by atoms with E-state index in [0.29, 0.717) is 43.4 Å². The lowest BCUT2D eigenvalue weighted by Crippen LogP contribution is -2.66. The molecule has 16 N–H and O–H groups in total. The molecule has 3 saturated carbocycles. The van der Waals surface area contributed by atoms with Gasteiger partial charge in [0.1, 0.15) is 110 Å². The van der Waals surface area contributed by atoms with Crippen molar-refractivity contribution in [1.82, 2.24) is 0 Å². The van der Waals surface area contributed by atoms with Crippen molar-refractivity contribution in [1.29, 1.82) is 0 Å². The van der Waals surface area contributed by atoms with Crippen LogP contribution in [0.3, 0.4) is 0 Å². The largest absolute Gasteiger partial charge is 0.394 e. The van der Waals surface area contributed by atoms with E-state index in [4.69, 9.17) is 52.1 Å². The Kier molecular flexibility index (Phi) is 20.1.